The number of nitrogens with zero attached hydrogens (tertiary/aromatic N) is 1. The van der Waals surface area contributed by atoms with Crippen molar-refractivity contribution in [3.8, 4) is 5.75 Å². The van der Waals surface area contributed by atoms with E-state index in [1.165, 1.54) is 19.2 Å². The normalized spacial score (nSPS) is 17.2. The quantitative estimate of drug-likeness (QED) is 0.775. The van der Waals surface area contributed by atoms with Crippen molar-refractivity contribution >= 4 is 15.9 Å². The van der Waals surface area contributed by atoms with Crippen LogP contribution in [0.2, 0.25) is 0 Å². The van der Waals surface area contributed by atoms with Crippen molar-refractivity contribution in [1.82, 2.24) is 14.9 Å². The van der Waals surface area contributed by atoms with Gasteiger partial charge in [0.15, 0.2) is 0 Å². The topological polar surface area (TPSA) is 87.7 Å². The lowest BCUT2D eigenvalue weighted by molar-refractivity contribution is -0.133. The first-order chi connectivity index (χ1) is 11.8. The van der Waals surface area contributed by atoms with Gasteiger partial charge in [-0.05, 0) is 43.1 Å². The fourth-order valence-corrected chi connectivity index (χ4v) is 4.06. The molecule has 0 spiro atoms. The van der Waals surface area contributed by atoms with Crippen LogP contribution in [-0.2, 0) is 14.8 Å². The third-order valence-corrected chi connectivity index (χ3v) is 5.69. The van der Waals surface area contributed by atoms with Crippen LogP contribution in [-0.4, -0.2) is 58.6 Å². The zero-order valence-corrected chi connectivity index (χ0v) is 15.8. The minimum atomic E-state index is -3.79. The third-order valence-electron chi connectivity index (χ3n) is 4.24. The predicted molar refractivity (Wildman–Crippen MR) is 96.0 cm³/mol. The van der Waals surface area contributed by atoms with Crippen molar-refractivity contribution in [2.45, 2.75) is 31.2 Å². The second-order valence-corrected chi connectivity index (χ2v) is 8.16. The molecule has 0 saturated carbocycles. The number of carbonyl (C=O) groups is 1. The lowest BCUT2D eigenvalue weighted by atomic mass is 10.0. The zero-order chi connectivity index (χ0) is 18.4. The molecule has 7 nitrogen and oxygen atoms in total. The minimum Gasteiger partial charge on any atom is -0.497 e. The highest BCUT2D eigenvalue weighted by atomic mass is 32.2. The van der Waals surface area contributed by atoms with Crippen molar-refractivity contribution in [3.63, 3.8) is 0 Å². The molecule has 1 atom stereocenters. The number of hydrogen-bond donors (Lipinski definition) is 2. The molecule has 0 bridgehead atoms. The van der Waals surface area contributed by atoms with E-state index in [-0.39, 0.29) is 16.7 Å². The van der Waals surface area contributed by atoms with E-state index in [9.17, 15) is 13.2 Å². The molecule has 1 unspecified atom stereocenters. The Kier molecular flexibility index (Phi) is 6.80. The molecule has 1 heterocycles. The Morgan fingerprint density at radius 3 is 2.48 bits per heavy atom. The van der Waals surface area contributed by atoms with E-state index in [1.807, 2.05) is 13.8 Å². The van der Waals surface area contributed by atoms with E-state index in [2.05, 4.69) is 10.0 Å². The number of methoxy groups -OCH3 is 1. The van der Waals surface area contributed by atoms with Crippen molar-refractivity contribution in [2.24, 2.45) is 5.92 Å². The fourth-order valence-electron chi connectivity index (χ4n) is 2.72. The number of rotatable bonds is 6. The van der Waals surface area contributed by atoms with Crippen LogP contribution in [0.3, 0.4) is 0 Å². The maximum absolute atomic E-state index is 12.9. The lowest BCUT2D eigenvalue weighted by Gasteiger charge is -2.28. The molecular formula is C17H27N3O4S. The summed E-state index contributed by atoms with van der Waals surface area (Å²) in [5.74, 6) is 0.250. The largest absolute Gasteiger partial charge is 0.497 e. The second kappa shape index (κ2) is 8.64. The predicted octanol–water partition coefficient (Wildman–Crippen LogP) is 0.820. The summed E-state index contributed by atoms with van der Waals surface area (Å²) in [6.07, 6.45) is 0.863. The van der Waals surface area contributed by atoms with Crippen LogP contribution in [0, 0.1) is 5.92 Å². The number of amides is 1. The molecular weight excluding hydrogens is 342 g/mol. The number of hydrogen-bond acceptors (Lipinski definition) is 5. The van der Waals surface area contributed by atoms with Gasteiger partial charge >= 0.3 is 0 Å². The van der Waals surface area contributed by atoms with Crippen molar-refractivity contribution in [3.05, 3.63) is 24.3 Å². The molecule has 1 saturated heterocycles. The molecule has 1 aromatic carbocycles. The number of sulfonamides is 1. The second-order valence-electron chi connectivity index (χ2n) is 6.45. The van der Waals surface area contributed by atoms with Gasteiger partial charge in [-0.3, -0.25) is 4.79 Å². The molecule has 0 radical (unpaired) electrons. The standard InChI is InChI=1S/C17H27N3O4S/c1-13(2)16(17(21)20-11-4-9-18-10-12-20)19-25(22,23)15-7-5-14(24-3)6-8-15/h5-8,13,16,18-19H,4,9-12H2,1-3H3. The van der Waals surface area contributed by atoms with Crippen LogP contribution in [0.5, 0.6) is 5.75 Å². The molecule has 0 aromatic heterocycles. The van der Waals surface area contributed by atoms with E-state index >= 15 is 0 Å². The van der Waals surface area contributed by atoms with Crippen LogP contribution in [0.4, 0.5) is 0 Å². The number of benzene rings is 1. The van der Waals surface area contributed by atoms with Gasteiger partial charge < -0.3 is 15.0 Å². The lowest BCUT2D eigenvalue weighted by Crippen LogP contribution is -2.51. The highest BCUT2D eigenvalue weighted by molar-refractivity contribution is 7.89. The number of carbonyl (C=O) groups excluding carboxylic acids is 1. The molecule has 2 N–H and O–H groups in total. The monoisotopic (exact) mass is 369 g/mol. The summed E-state index contributed by atoms with van der Waals surface area (Å²) in [4.78, 5) is 14.7. The van der Waals surface area contributed by atoms with Gasteiger partial charge in [0.05, 0.1) is 12.0 Å². The van der Waals surface area contributed by atoms with Gasteiger partial charge in [-0.2, -0.15) is 4.72 Å². The van der Waals surface area contributed by atoms with E-state index in [0.29, 0.717) is 18.8 Å². The van der Waals surface area contributed by atoms with Gasteiger partial charge in [-0.1, -0.05) is 13.8 Å². The zero-order valence-electron chi connectivity index (χ0n) is 15.0. The molecule has 2 rings (SSSR count). The Bertz CT molecular complexity index is 666. The Labute approximate surface area is 149 Å². The fraction of sp³-hybridized carbons (Fsp3) is 0.588. The van der Waals surface area contributed by atoms with Crippen LogP contribution in [0.1, 0.15) is 20.3 Å². The van der Waals surface area contributed by atoms with E-state index < -0.39 is 16.1 Å². The van der Waals surface area contributed by atoms with E-state index in [0.717, 1.165) is 19.5 Å². The Morgan fingerprint density at radius 2 is 1.88 bits per heavy atom. The minimum absolute atomic E-state index is 0.115. The average Bonchev–Trinajstić information content (AvgIpc) is 2.88. The first-order valence-electron chi connectivity index (χ1n) is 8.51. The Hall–Kier alpha value is -1.64. The average molecular weight is 369 g/mol. The molecule has 1 aromatic rings. The summed E-state index contributed by atoms with van der Waals surface area (Å²) in [7, 11) is -2.27. The first kappa shape index (κ1) is 19.7. The summed E-state index contributed by atoms with van der Waals surface area (Å²) < 4.78 is 33.0. The van der Waals surface area contributed by atoms with Crippen molar-refractivity contribution in [2.75, 3.05) is 33.3 Å². The van der Waals surface area contributed by atoms with Gasteiger partial charge in [0, 0.05) is 19.6 Å². The molecule has 140 valence electrons. The number of ether oxygens (including phenoxy) is 1. The summed E-state index contributed by atoms with van der Waals surface area (Å²) in [5.41, 5.74) is 0. The third kappa shape index (κ3) is 5.17. The van der Waals surface area contributed by atoms with Crippen LogP contribution in [0.25, 0.3) is 0 Å². The van der Waals surface area contributed by atoms with E-state index in [1.54, 1.807) is 17.0 Å². The highest BCUT2D eigenvalue weighted by Crippen LogP contribution is 2.17. The van der Waals surface area contributed by atoms with Gasteiger partial charge in [-0.15, -0.1) is 0 Å². The van der Waals surface area contributed by atoms with Crippen molar-refractivity contribution in [1.29, 1.82) is 0 Å². The molecule has 8 heteroatoms. The maximum Gasteiger partial charge on any atom is 0.241 e. The smallest absolute Gasteiger partial charge is 0.241 e. The summed E-state index contributed by atoms with van der Waals surface area (Å²) in [6, 6.07) is 5.32. The molecule has 1 fully saturated rings. The SMILES string of the molecule is COc1ccc(S(=O)(=O)NC(C(=O)N2CCCNCC2)C(C)C)cc1. The van der Waals surface area contributed by atoms with E-state index in [4.69, 9.17) is 4.74 Å². The van der Waals surface area contributed by atoms with Crippen LogP contribution < -0.4 is 14.8 Å². The summed E-state index contributed by atoms with van der Waals surface area (Å²) in [6.45, 7) is 6.51. The summed E-state index contributed by atoms with van der Waals surface area (Å²) >= 11 is 0. The van der Waals surface area contributed by atoms with Gasteiger partial charge in [0.2, 0.25) is 15.9 Å². The van der Waals surface area contributed by atoms with Crippen LogP contribution >= 0.6 is 0 Å². The Balaban J connectivity index is 2.17. The Morgan fingerprint density at radius 1 is 1.20 bits per heavy atom. The molecule has 1 amide bonds. The highest BCUT2D eigenvalue weighted by Gasteiger charge is 2.31. The van der Waals surface area contributed by atoms with Gasteiger partial charge in [0.25, 0.3) is 0 Å². The van der Waals surface area contributed by atoms with Crippen LogP contribution in [0.15, 0.2) is 29.2 Å². The van der Waals surface area contributed by atoms with Gasteiger partial charge in [0.1, 0.15) is 11.8 Å². The number of nitrogens with one attached hydrogen (secondary N) is 2. The molecule has 1 aliphatic rings. The molecule has 1 aliphatic heterocycles. The molecule has 25 heavy (non-hydrogen) atoms. The summed E-state index contributed by atoms with van der Waals surface area (Å²) in [5, 5.41) is 3.24. The maximum atomic E-state index is 12.9. The van der Waals surface area contributed by atoms with Crippen molar-refractivity contribution < 1.29 is 17.9 Å². The molecule has 0 aliphatic carbocycles. The van der Waals surface area contributed by atoms with Gasteiger partial charge in [-0.25, -0.2) is 8.42 Å². The first-order valence-corrected chi connectivity index (χ1v) is 9.99.